The fraction of sp³-hybridized carbons (Fsp3) is 0.333. The van der Waals surface area contributed by atoms with Gasteiger partial charge in [-0.1, -0.05) is 31.1 Å². The molecule has 1 aromatic carbocycles. The van der Waals surface area contributed by atoms with Gasteiger partial charge in [-0.25, -0.2) is 0 Å². The Morgan fingerprint density at radius 1 is 1.30 bits per heavy atom. The SMILES string of the molecule is CC(C)c1nc(Cn2ccc3c(CO)cccc32)no1. The molecule has 0 saturated carbocycles. The molecule has 5 heteroatoms. The molecule has 0 aliphatic heterocycles. The van der Waals surface area contributed by atoms with Crippen molar-refractivity contribution in [2.75, 3.05) is 0 Å². The minimum absolute atomic E-state index is 0.0427. The quantitative estimate of drug-likeness (QED) is 0.792. The summed E-state index contributed by atoms with van der Waals surface area (Å²) < 4.78 is 7.28. The Balaban J connectivity index is 1.94. The van der Waals surface area contributed by atoms with E-state index in [1.165, 1.54) is 0 Å². The second kappa shape index (κ2) is 5.09. The molecular formula is C15H17N3O2. The van der Waals surface area contributed by atoms with Crippen molar-refractivity contribution in [1.29, 1.82) is 0 Å². The number of aliphatic hydroxyl groups is 1. The molecule has 104 valence electrons. The van der Waals surface area contributed by atoms with E-state index in [0.717, 1.165) is 16.5 Å². The zero-order valence-corrected chi connectivity index (χ0v) is 11.6. The highest BCUT2D eigenvalue weighted by molar-refractivity contribution is 5.83. The molecule has 0 saturated heterocycles. The van der Waals surface area contributed by atoms with Crippen molar-refractivity contribution in [3.8, 4) is 0 Å². The van der Waals surface area contributed by atoms with Gasteiger partial charge in [0.25, 0.3) is 0 Å². The largest absolute Gasteiger partial charge is 0.392 e. The number of fused-ring (bicyclic) bond motifs is 1. The van der Waals surface area contributed by atoms with Gasteiger partial charge in [-0.3, -0.25) is 0 Å². The molecular weight excluding hydrogens is 254 g/mol. The summed E-state index contributed by atoms with van der Waals surface area (Å²) in [5.74, 6) is 1.56. The molecule has 0 fully saturated rings. The van der Waals surface area contributed by atoms with Crippen LogP contribution in [0.3, 0.4) is 0 Å². The van der Waals surface area contributed by atoms with Crippen LogP contribution >= 0.6 is 0 Å². The summed E-state index contributed by atoms with van der Waals surface area (Å²) in [5.41, 5.74) is 1.99. The van der Waals surface area contributed by atoms with Crippen molar-refractivity contribution < 1.29 is 9.63 Å². The first-order valence-corrected chi connectivity index (χ1v) is 6.69. The molecule has 1 N–H and O–H groups in total. The van der Waals surface area contributed by atoms with E-state index in [4.69, 9.17) is 4.52 Å². The monoisotopic (exact) mass is 271 g/mol. The minimum Gasteiger partial charge on any atom is -0.392 e. The Hall–Kier alpha value is -2.14. The highest BCUT2D eigenvalue weighted by atomic mass is 16.5. The van der Waals surface area contributed by atoms with Crippen LogP contribution in [0.5, 0.6) is 0 Å². The Bertz CT molecular complexity index is 728. The zero-order chi connectivity index (χ0) is 14.1. The standard InChI is InChI=1S/C15H17N3O2/c1-10(2)15-16-14(17-20-15)8-18-7-6-12-11(9-19)4-3-5-13(12)18/h3-7,10,19H,8-9H2,1-2H3. The molecule has 0 radical (unpaired) electrons. The summed E-state index contributed by atoms with van der Waals surface area (Å²) in [4.78, 5) is 4.39. The van der Waals surface area contributed by atoms with Gasteiger partial charge in [0.15, 0.2) is 5.82 Å². The fourth-order valence-corrected chi connectivity index (χ4v) is 2.28. The molecule has 2 aromatic heterocycles. The van der Waals surface area contributed by atoms with E-state index in [9.17, 15) is 5.11 Å². The van der Waals surface area contributed by atoms with Crippen LogP contribution in [0.1, 0.15) is 37.0 Å². The third-order valence-corrected chi connectivity index (χ3v) is 3.36. The predicted octanol–water partition coefficient (Wildman–Crippen LogP) is 2.69. The van der Waals surface area contributed by atoms with E-state index < -0.39 is 0 Å². The Morgan fingerprint density at radius 2 is 2.15 bits per heavy atom. The van der Waals surface area contributed by atoms with E-state index >= 15 is 0 Å². The van der Waals surface area contributed by atoms with Gasteiger partial charge in [0.1, 0.15) is 0 Å². The third-order valence-electron chi connectivity index (χ3n) is 3.36. The fourth-order valence-electron chi connectivity index (χ4n) is 2.28. The molecule has 5 nitrogen and oxygen atoms in total. The summed E-state index contributed by atoms with van der Waals surface area (Å²) in [6.45, 7) is 4.65. The van der Waals surface area contributed by atoms with E-state index in [0.29, 0.717) is 18.3 Å². The van der Waals surface area contributed by atoms with Crippen LogP contribution in [-0.2, 0) is 13.2 Å². The first-order chi connectivity index (χ1) is 9.69. The molecule has 0 aliphatic carbocycles. The first kappa shape index (κ1) is 12.9. The van der Waals surface area contributed by atoms with E-state index in [2.05, 4.69) is 14.7 Å². The molecule has 0 unspecified atom stereocenters. The van der Waals surface area contributed by atoms with Crippen molar-refractivity contribution in [3.05, 3.63) is 47.7 Å². The number of benzene rings is 1. The summed E-state index contributed by atoms with van der Waals surface area (Å²) in [7, 11) is 0. The lowest BCUT2D eigenvalue weighted by molar-refractivity contribution is 0.283. The van der Waals surface area contributed by atoms with Gasteiger partial charge in [0.05, 0.1) is 13.2 Å². The lowest BCUT2D eigenvalue weighted by Gasteiger charge is -2.03. The zero-order valence-electron chi connectivity index (χ0n) is 11.6. The molecule has 0 spiro atoms. The molecule has 20 heavy (non-hydrogen) atoms. The maximum absolute atomic E-state index is 9.35. The lowest BCUT2D eigenvalue weighted by atomic mass is 10.1. The second-order valence-corrected chi connectivity index (χ2v) is 5.16. The normalized spacial score (nSPS) is 11.6. The van der Waals surface area contributed by atoms with Gasteiger partial charge >= 0.3 is 0 Å². The van der Waals surface area contributed by atoms with E-state index in [1.807, 2.05) is 44.3 Å². The minimum atomic E-state index is 0.0427. The Labute approximate surface area is 116 Å². The smallest absolute Gasteiger partial charge is 0.229 e. The van der Waals surface area contributed by atoms with Crippen molar-refractivity contribution >= 4 is 10.9 Å². The summed E-state index contributed by atoms with van der Waals surface area (Å²) in [6.07, 6.45) is 1.98. The Morgan fingerprint density at radius 3 is 2.85 bits per heavy atom. The Kier molecular flexibility index (Phi) is 3.28. The lowest BCUT2D eigenvalue weighted by Crippen LogP contribution is -2.00. The topological polar surface area (TPSA) is 64.1 Å². The van der Waals surface area contributed by atoms with Crippen LogP contribution in [0.15, 0.2) is 35.0 Å². The number of nitrogens with zero attached hydrogens (tertiary/aromatic N) is 3. The van der Waals surface area contributed by atoms with Gasteiger partial charge in [0.2, 0.25) is 5.89 Å². The van der Waals surface area contributed by atoms with E-state index in [1.54, 1.807) is 0 Å². The van der Waals surface area contributed by atoms with Crippen LogP contribution in [0.25, 0.3) is 10.9 Å². The molecule has 0 atom stereocenters. The van der Waals surface area contributed by atoms with Gasteiger partial charge in [-0.2, -0.15) is 4.98 Å². The van der Waals surface area contributed by atoms with Crippen molar-refractivity contribution in [2.24, 2.45) is 0 Å². The van der Waals surface area contributed by atoms with Crippen LogP contribution in [0.4, 0.5) is 0 Å². The number of rotatable bonds is 4. The van der Waals surface area contributed by atoms with Crippen molar-refractivity contribution in [2.45, 2.75) is 32.9 Å². The van der Waals surface area contributed by atoms with Crippen molar-refractivity contribution in [3.63, 3.8) is 0 Å². The van der Waals surface area contributed by atoms with E-state index in [-0.39, 0.29) is 12.5 Å². The van der Waals surface area contributed by atoms with Gasteiger partial charge in [-0.05, 0) is 17.7 Å². The van der Waals surface area contributed by atoms with Crippen LogP contribution in [-0.4, -0.2) is 19.8 Å². The molecule has 3 rings (SSSR count). The van der Waals surface area contributed by atoms with Crippen molar-refractivity contribution in [1.82, 2.24) is 14.7 Å². The summed E-state index contributed by atoms with van der Waals surface area (Å²) in [5, 5.41) is 14.4. The van der Waals surface area contributed by atoms with Gasteiger partial charge in [-0.15, -0.1) is 0 Å². The first-order valence-electron chi connectivity index (χ1n) is 6.69. The number of hydrogen-bond donors (Lipinski definition) is 1. The average Bonchev–Trinajstić information content (AvgIpc) is 3.06. The highest BCUT2D eigenvalue weighted by Crippen LogP contribution is 2.21. The second-order valence-electron chi connectivity index (χ2n) is 5.16. The molecule has 2 heterocycles. The molecule has 0 bridgehead atoms. The van der Waals surface area contributed by atoms with Crippen LogP contribution in [0.2, 0.25) is 0 Å². The molecule has 0 amide bonds. The van der Waals surface area contributed by atoms with Gasteiger partial charge < -0.3 is 14.2 Å². The van der Waals surface area contributed by atoms with Crippen LogP contribution in [0, 0.1) is 0 Å². The molecule has 3 aromatic rings. The number of hydrogen-bond acceptors (Lipinski definition) is 4. The number of aliphatic hydroxyl groups excluding tert-OH is 1. The third kappa shape index (κ3) is 2.20. The average molecular weight is 271 g/mol. The maximum Gasteiger partial charge on any atom is 0.229 e. The predicted molar refractivity (Wildman–Crippen MR) is 75.3 cm³/mol. The highest BCUT2D eigenvalue weighted by Gasteiger charge is 2.11. The van der Waals surface area contributed by atoms with Crippen LogP contribution < -0.4 is 0 Å². The van der Waals surface area contributed by atoms with Gasteiger partial charge in [0, 0.05) is 23.0 Å². The summed E-state index contributed by atoms with van der Waals surface area (Å²) >= 11 is 0. The number of aromatic nitrogens is 3. The molecule has 0 aliphatic rings. The maximum atomic E-state index is 9.35. The summed E-state index contributed by atoms with van der Waals surface area (Å²) in [6, 6.07) is 7.90.